The molecule has 10 aromatic rings. The maximum atomic E-state index is 6.61. The number of nitrogens with zero attached hydrogens (tertiary/aromatic N) is 1. The fraction of sp³-hybridized carbons (Fsp3) is 0. The number of anilines is 3. The van der Waals surface area contributed by atoms with Gasteiger partial charge in [0.25, 0.3) is 0 Å². The van der Waals surface area contributed by atoms with Gasteiger partial charge in [0.2, 0.25) is 0 Å². The molecular weight excluding hydrogens is 639 g/mol. The van der Waals surface area contributed by atoms with Crippen LogP contribution in [0.1, 0.15) is 0 Å². The van der Waals surface area contributed by atoms with Crippen LogP contribution in [0.2, 0.25) is 0 Å². The summed E-state index contributed by atoms with van der Waals surface area (Å²) in [4.78, 5) is 2.40. The monoisotopic (exact) mass is 669 g/mol. The maximum absolute atomic E-state index is 6.61. The molecule has 0 unspecified atom stereocenters. The van der Waals surface area contributed by atoms with Crippen molar-refractivity contribution >= 4 is 70.5 Å². The van der Waals surface area contributed by atoms with Crippen LogP contribution in [-0.2, 0) is 0 Å². The van der Waals surface area contributed by atoms with Crippen LogP contribution in [0, 0.1) is 0 Å². The van der Waals surface area contributed by atoms with E-state index in [0.717, 1.165) is 39.0 Å². The number of benzene rings is 8. The van der Waals surface area contributed by atoms with Gasteiger partial charge in [-0.25, -0.2) is 0 Å². The van der Waals surface area contributed by atoms with Crippen molar-refractivity contribution in [1.29, 1.82) is 0 Å². The van der Waals surface area contributed by atoms with Crippen molar-refractivity contribution in [3.63, 3.8) is 0 Å². The maximum Gasteiger partial charge on any atom is 0.144 e. The van der Waals surface area contributed by atoms with Crippen molar-refractivity contribution < 1.29 is 4.42 Å². The van der Waals surface area contributed by atoms with E-state index in [0.29, 0.717) is 0 Å². The molecule has 0 aliphatic heterocycles. The minimum Gasteiger partial charge on any atom is -0.455 e. The zero-order chi connectivity index (χ0) is 33.7. The lowest BCUT2D eigenvalue weighted by molar-refractivity contribution is 0.673. The predicted molar refractivity (Wildman–Crippen MR) is 218 cm³/mol. The van der Waals surface area contributed by atoms with Gasteiger partial charge in [-0.05, 0) is 94.0 Å². The second-order valence-electron chi connectivity index (χ2n) is 12.9. The van der Waals surface area contributed by atoms with Gasteiger partial charge in [0, 0.05) is 37.6 Å². The molecule has 0 bridgehead atoms. The van der Waals surface area contributed by atoms with Crippen LogP contribution in [0.3, 0.4) is 0 Å². The van der Waals surface area contributed by atoms with E-state index in [1.165, 1.54) is 53.6 Å². The van der Waals surface area contributed by atoms with Crippen molar-refractivity contribution in [2.75, 3.05) is 4.90 Å². The number of para-hydroxylation sites is 2. The molecular formula is C48H31NOS. The molecule has 0 saturated carbocycles. The molecule has 0 N–H and O–H groups in total. The Hall–Kier alpha value is -6.42. The van der Waals surface area contributed by atoms with Crippen molar-refractivity contribution in [1.82, 2.24) is 0 Å². The van der Waals surface area contributed by atoms with Crippen molar-refractivity contribution in [2.45, 2.75) is 0 Å². The van der Waals surface area contributed by atoms with Crippen LogP contribution < -0.4 is 4.90 Å². The van der Waals surface area contributed by atoms with Crippen molar-refractivity contribution in [2.24, 2.45) is 0 Å². The minimum atomic E-state index is 0.907. The lowest BCUT2D eigenvalue weighted by Crippen LogP contribution is -2.10. The molecule has 2 aromatic heterocycles. The Kier molecular flexibility index (Phi) is 7.04. The Balaban J connectivity index is 1.17. The molecule has 10 rings (SSSR count). The number of furan rings is 1. The average molecular weight is 670 g/mol. The summed E-state index contributed by atoms with van der Waals surface area (Å²) in [6, 6.07) is 67.4. The fourth-order valence-corrected chi connectivity index (χ4v) is 8.62. The van der Waals surface area contributed by atoms with Crippen LogP contribution in [0.25, 0.3) is 75.5 Å². The van der Waals surface area contributed by atoms with E-state index >= 15 is 0 Å². The molecule has 0 aliphatic rings. The van der Waals surface area contributed by atoms with Gasteiger partial charge < -0.3 is 9.32 Å². The van der Waals surface area contributed by atoms with Crippen LogP contribution in [-0.4, -0.2) is 0 Å². The summed E-state index contributed by atoms with van der Waals surface area (Å²) >= 11 is 1.83. The number of hydrogen-bond donors (Lipinski definition) is 0. The standard InChI is InChI=1S/C48H31NOS/c1-4-14-32(15-5-1)35-28-36(33-16-6-2-7-17-33)30-37(29-35)34-24-26-39(27-25-34)49(38-18-8-3-9-19-38)43-31-42-40-20-10-12-22-44(40)50-47(42)46-41-21-11-13-23-45(41)51-48(43)46/h1-31H. The first-order valence-corrected chi connectivity index (χ1v) is 18.1. The summed E-state index contributed by atoms with van der Waals surface area (Å²) in [5, 5.41) is 4.64. The van der Waals surface area contributed by atoms with E-state index in [2.05, 4.69) is 187 Å². The second-order valence-corrected chi connectivity index (χ2v) is 14.0. The van der Waals surface area contributed by atoms with Gasteiger partial charge in [0.15, 0.2) is 0 Å². The van der Waals surface area contributed by atoms with E-state index in [4.69, 9.17) is 4.42 Å². The van der Waals surface area contributed by atoms with Crippen LogP contribution in [0.15, 0.2) is 192 Å². The number of thiophene rings is 1. The van der Waals surface area contributed by atoms with Gasteiger partial charge >= 0.3 is 0 Å². The summed E-state index contributed by atoms with van der Waals surface area (Å²) in [7, 11) is 0. The molecule has 0 amide bonds. The van der Waals surface area contributed by atoms with E-state index < -0.39 is 0 Å². The predicted octanol–water partition coefficient (Wildman–Crippen LogP) is 14.4. The minimum absolute atomic E-state index is 0.907. The normalized spacial score (nSPS) is 11.5. The molecule has 0 aliphatic carbocycles. The highest BCUT2D eigenvalue weighted by Gasteiger charge is 2.23. The Labute approximate surface area is 300 Å². The molecule has 3 heteroatoms. The van der Waals surface area contributed by atoms with Gasteiger partial charge in [-0.1, -0.05) is 127 Å². The molecule has 2 nitrogen and oxygen atoms in total. The third-order valence-corrected chi connectivity index (χ3v) is 11.0. The molecule has 51 heavy (non-hydrogen) atoms. The van der Waals surface area contributed by atoms with Gasteiger partial charge in [0.1, 0.15) is 11.2 Å². The summed E-state index contributed by atoms with van der Waals surface area (Å²) < 4.78 is 9.07. The van der Waals surface area contributed by atoms with E-state index in [-0.39, 0.29) is 0 Å². The Morgan fingerprint density at radius 3 is 1.55 bits per heavy atom. The lowest BCUT2D eigenvalue weighted by Gasteiger charge is -2.26. The summed E-state index contributed by atoms with van der Waals surface area (Å²) in [5.41, 5.74) is 12.4. The molecule has 0 radical (unpaired) electrons. The first-order valence-electron chi connectivity index (χ1n) is 17.3. The third-order valence-electron chi connectivity index (χ3n) is 9.83. The highest BCUT2D eigenvalue weighted by atomic mass is 32.1. The summed E-state index contributed by atoms with van der Waals surface area (Å²) in [5.74, 6) is 0. The summed E-state index contributed by atoms with van der Waals surface area (Å²) in [6.07, 6.45) is 0. The zero-order valence-corrected chi connectivity index (χ0v) is 28.5. The highest BCUT2D eigenvalue weighted by Crippen LogP contribution is 2.50. The molecule has 240 valence electrons. The molecule has 0 fully saturated rings. The van der Waals surface area contributed by atoms with Gasteiger partial charge in [0.05, 0.1) is 10.4 Å². The van der Waals surface area contributed by atoms with Gasteiger partial charge in [-0.2, -0.15) is 0 Å². The highest BCUT2D eigenvalue weighted by molar-refractivity contribution is 7.26. The number of fused-ring (bicyclic) bond motifs is 7. The summed E-state index contributed by atoms with van der Waals surface area (Å²) in [6.45, 7) is 0. The Morgan fingerprint density at radius 2 is 0.902 bits per heavy atom. The molecule has 0 atom stereocenters. The lowest BCUT2D eigenvalue weighted by atomic mass is 9.93. The fourth-order valence-electron chi connectivity index (χ4n) is 7.41. The Bertz CT molecular complexity index is 2780. The van der Waals surface area contributed by atoms with E-state index in [9.17, 15) is 0 Å². The number of hydrogen-bond acceptors (Lipinski definition) is 3. The number of rotatable bonds is 6. The van der Waals surface area contributed by atoms with Crippen LogP contribution in [0.5, 0.6) is 0 Å². The SMILES string of the molecule is c1ccc(-c2cc(-c3ccccc3)cc(-c3ccc(N(c4ccccc4)c4cc5c6ccccc6oc5c5c4sc4ccccc45)cc3)c2)cc1. The van der Waals surface area contributed by atoms with Crippen molar-refractivity contribution in [3.05, 3.63) is 188 Å². The zero-order valence-electron chi connectivity index (χ0n) is 27.7. The van der Waals surface area contributed by atoms with E-state index in [1.807, 2.05) is 17.4 Å². The smallest absolute Gasteiger partial charge is 0.144 e. The quantitative estimate of drug-likeness (QED) is 0.175. The first-order chi connectivity index (χ1) is 25.3. The largest absolute Gasteiger partial charge is 0.455 e. The molecule has 0 saturated heterocycles. The third kappa shape index (κ3) is 5.10. The Morgan fingerprint density at radius 1 is 0.392 bits per heavy atom. The molecule has 8 aromatic carbocycles. The van der Waals surface area contributed by atoms with Crippen molar-refractivity contribution in [3.8, 4) is 33.4 Å². The van der Waals surface area contributed by atoms with Gasteiger partial charge in [-0.15, -0.1) is 11.3 Å². The first kappa shape index (κ1) is 29.5. The average Bonchev–Trinajstić information content (AvgIpc) is 3.78. The van der Waals surface area contributed by atoms with Gasteiger partial charge in [-0.3, -0.25) is 0 Å². The molecule has 0 spiro atoms. The second kappa shape index (κ2) is 12.2. The van der Waals surface area contributed by atoms with Crippen LogP contribution in [0.4, 0.5) is 17.1 Å². The van der Waals surface area contributed by atoms with Crippen LogP contribution >= 0.6 is 11.3 Å². The van der Waals surface area contributed by atoms with E-state index in [1.54, 1.807) is 0 Å². The molecule has 2 heterocycles. The topological polar surface area (TPSA) is 16.4 Å².